The molecule has 0 bridgehead atoms. The second-order valence-corrected chi connectivity index (χ2v) is 9.54. The molecule has 36 heavy (non-hydrogen) atoms. The van der Waals surface area contributed by atoms with Crippen molar-refractivity contribution >= 4 is 17.0 Å². The highest BCUT2D eigenvalue weighted by molar-refractivity contribution is 7.13. The molecule has 0 fully saturated rings. The molecule has 1 unspecified atom stereocenters. The van der Waals surface area contributed by atoms with Gasteiger partial charge in [-0.1, -0.05) is 62.7 Å². The number of hydrogen-bond acceptors (Lipinski definition) is 4. The van der Waals surface area contributed by atoms with E-state index in [2.05, 4.69) is 36.8 Å². The van der Waals surface area contributed by atoms with E-state index < -0.39 is 17.2 Å². The smallest absolute Gasteiger partial charge is 0.241 e. The predicted octanol–water partition coefficient (Wildman–Crippen LogP) is 7.66. The number of fused-ring (bicyclic) bond motifs is 1. The Hall–Kier alpha value is -3.52. The van der Waals surface area contributed by atoms with Gasteiger partial charge in [-0.05, 0) is 30.2 Å². The fourth-order valence-electron chi connectivity index (χ4n) is 4.38. The van der Waals surface area contributed by atoms with Crippen LogP contribution in [0.4, 0.5) is 13.2 Å². The van der Waals surface area contributed by atoms with E-state index in [9.17, 15) is 13.2 Å². The van der Waals surface area contributed by atoms with Crippen molar-refractivity contribution in [2.75, 3.05) is 0 Å². The summed E-state index contributed by atoms with van der Waals surface area (Å²) in [6.45, 7) is 4.18. The van der Waals surface area contributed by atoms with Gasteiger partial charge in [0.1, 0.15) is 5.01 Å². The van der Waals surface area contributed by atoms with E-state index in [0.717, 1.165) is 40.5 Å². The lowest BCUT2D eigenvalue weighted by molar-refractivity contribution is -0.137. The molecule has 2 radical (unpaired) electrons. The minimum Gasteiger partial charge on any atom is -0.241 e. The van der Waals surface area contributed by atoms with Crippen LogP contribution in [0, 0.1) is 12.8 Å². The van der Waals surface area contributed by atoms with Crippen molar-refractivity contribution in [1.82, 2.24) is 19.6 Å². The normalized spacial score (nSPS) is 13.7. The van der Waals surface area contributed by atoms with E-state index in [4.69, 9.17) is 4.98 Å². The van der Waals surface area contributed by atoms with Gasteiger partial charge in [0.2, 0.25) is 0 Å². The van der Waals surface area contributed by atoms with E-state index in [1.54, 1.807) is 28.2 Å². The molecule has 8 heteroatoms. The van der Waals surface area contributed by atoms with Gasteiger partial charge < -0.3 is 0 Å². The summed E-state index contributed by atoms with van der Waals surface area (Å²) in [6.07, 6.45) is 4.12. The van der Waals surface area contributed by atoms with E-state index >= 15 is 0 Å². The third kappa shape index (κ3) is 4.65. The molecule has 3 aromatic heterocycles. The largest absolute Gasteiger partial charge is 0.416 e. The van der Waals surface area contributed by atoms with Crippen LogP contribution in [0.5, 0.6) is 0 Å². The van der Waals surface area contributed by atoms with Gasteiger partial charge in [-0.2, -0.15) is 18.3 Å². The number of rotatable bonds is 7. The van der Waals surface area contributed by atoms with Gasteiger partial charge in [0.15, 0.2) is 5.65 Å². The van der Waals surface area contributed by atoms with Gasteiger partial charge in [-0.25, -0.2) is 14.5 Å². The summed E-state index contributed by atoms with van der Waals surface area (Å²) in [6, 6.07) is 17.0. The highest BCUT2D eigenvalue weighted by atomic mass is 32.1. The molecule has 3 heterocycles. The maximum atomic E-state index is 13.0. The van der Waals surface area contributed by atoms with Crippen molar-refractivity contribution < 1.29 is 13.2 Å². The van der Waals surface area contributed by atoms with Crippen LogP contribution in [0.3, 0.4) is 0 Å². The summed E-state index contributed by atoms with van der Waals surface area (Å²) in [4.78, 5) is 9.35. The van der Waals surface area contributed by atoms with Crippen LogP contribution in [0.2, 0.25) is 0 Å². The molecule has 0 aliphatic carbocycles. The van der Waals surface area contributed by atoms with Crippen molar-refractivity contribution in [2.24, 2.45) is 0 Å². The molecule has 0 aliphatic heterocycles. The molecule has 1 atom stereocenters. The molecule has 0 amide bonds. The van der Waals surface area contributed by atoms with Crippen molar-refractivity contribution in [3.8, 4) is 21.7 Å². The molecule has 182 valence electrons. The number of alkyl halides is 3. The first-order valence-corrected chi connectivity index (χ1v) is 12.4. The number of halogens is 3. The van der Waals surface area contributed by atoms with Crippen LogP contribution in [0.15, 0.2) is 78.4 Å². The average Bonchev–Trinajstić information content (AvgIpc) is 3.51. The van der Waals surface area contributed by atoms with Crippen molar-refractivity contribution in [3.63, 3.8) is 0 Å². The quantitative estimate of drug-likeness (QED) is 0.228. The molecule has 4 nitrogen and oxygen atoms in total. The second kappa shape index (κ2) is 9.50. The molecule has 5 rings (SSSR count). The second-order valence-electron chi connectivity index (χ2n) is 8.68. The fourth-order valence-corrected chi connectivity index (χ4v) is 5.16. The molecule has 0 N–H and O–H groups in total. The number of benzene rings is 2. The summed E-state index contributed by atoms with van der Waals surface area (Å²) < 4.78 is 40.8. The standard InChI is InChI=1S/C28H23F3N4S/c1-3-14-27(2,16-22-18-36-26(34-22)20-7-5-4-6-8-20)24-13-15-32-25-23(17-33-35(24)25)19-9-11-21(12-10-19)28(29,30)31/h4-18H,3H2,1-2H3. The van der Waals surface area contributed by atoms with Crippen LogP contribution >= 0.6 is 11.3 Å². The lowest BCUT2D eigenvalue weighted by atomic mass is 9.78. The molecule has 2 aromatic carbocycles. The first-order chi connectivity index (χ1) is 17.3. The topological polar surface area (TPSA) is 43.1 Å². The van der Waals surface area contributed by atoms with Gasteiger partial charge in [0.25, 0.3) is 0 Å². The summed E-state index contributed by atoms with van der Waals surface area (Å²) in [7, 11) is 0. The Balaban J connectivity index is 1.51. The zero-order valence-corrected chi connectivity index (χ0v) is 20.5. The Labute approximate surface area is 211 Å². The summed E-state index contributed by atoms with van der Waals surface area (Å²) >= 11 is 1.59. The Bertz CT molecular complexity index is 1470. The first-order valence-electron chi connectivity index (χ1n) is 11.5. The summed E-state index contributed by atoms with van der Waals surface area (Å²) in [5, 5.41) is 7.57. The maximum Gasteiger partial charge on any atom is 0.416 e. The zero-order chi connectivity index (χ0) is 25.3. The number of nitrogens with zero attached hydrogens (tertiary/aromatic N) is 4. The monoisotopic (exact) mass is 504 g/mol. The molecular formula is C28H23F3N4S. The Kier molecular flexibility index (Phi) is 6.38. The number of hydrogen-bond donors (Lipinski definition) is 0. The molecule has 0 aliphatic rings. The number of aromatic nitrogens is 4. The Morgan fingerprint density at radius 3 is 2.42 bits per heavy atom. The predicted molar refractivity (Wildman–Crippen MR) is 136 cm³/mol. The number of thiazole rings is 1. The maximum absolute atomic E-state index is 13.0. The summed E-state index contributed by atoms with van der Waals surface area (Å²) in [5.41, 5.74) is 3.51. The van der Waals surface area contributed by atoms with Gasteiger partial charge in [-0.15, -0.1) is 11.3 Å². The highest BCUT2D eigenvalue weighted by Gasteiger charge is 2.32. The van der Waals surface area contributed by atoms with Gasteiger partial charge in [0.05, 0.1) is 23.1 Å². The minimum atomic E-state index is -4.38. The minimum absolute atomic E-state index is 0.512. The fraction of sp³-hybridized carbons (Fsp3) is 0.179. The van der Waals surface area contributed by atoms with Crippen molar-refractivity contribution in [1.29, 1.82) is 0 Å². The third-order valence-corrected chi connectivity index (χ3v) is 7.00. The van der Waals surface area contributed by atoms with E-state index in [-0.39, 0.29) is 0 Å². The molecule has 5 aromatic rings. The molecule has 0 saturated heterocycles. The van der Waals surface area contributed by atoms with E-state index in [0.29, 0.717) is 16.8 Å². The van der Waals surface area contributed by atoms with Crippen LogP contribution in [0.1, 0.15) is 37.2 Å². The zero-order valence-electron chi connectivity index (χ0n) is 19.7. The lowest BCUT2D eigenvalue weighted by Crippen LogP contribution is -2.27. The van der Waals surface area contributed by atoms with Gasteiger partial charge in [0, 0.05) is 34.5 Å². The molecule has 0 saturated carbocycles. The van der Waals surface area contributed by atoms with Crippen molar-refractivity contribution in [2.45, 2.75) is 31.9 Å². The van der Waals surface area contributed by atoms with Crippen LogP contribution in [-0.2, 0) is 11.6 Å². The van der Waals surface area contributed by atoms with Crippen molar-refractivity contribution in [3.05, 3.63) is 108 Å². The average molecular weight is 505 g/mol. The van der Waals surface area contributed by atoms with Crippen LogP contribution in [0.25, 0.3) is 27.3 Å². The SMILES string of the molecule is CC[CH]C(C)([CH]c1csc(-c2ccccc2)n1)c1ccnc2c(-c3ccc(C(F)(F)F)cc3)cnn12. The van der Waals surface area contributed by atoms with Gasteiger partial charge in [-0.3, -0.25) is 0 Å². The Morgan fingerprint density at radius 2 is 1.72 bits per heavy atom. The van der Waals surface area contributed by atoms with E-state index in [1.807, 2.05) is 41.8 Å². The highest BCUT2D eigenvalue weighted by Crippen LogP contribution is 2.37. The van der Waals surface area contributed by atoms with Crippen LogP contribution in [-0.4, -0.2) is 19.6 Å². The summed E-state index contributed by atoms with van der Waals surface area (Å²) in [5.74, 6) is 0. The van der Waals surface area contributed by atoms with Gasteiger partial charge >= 0.3 is 6.18 Å². The third-order valence-electron chi connectivity index (χ3n) is 6.09. The van der Waals surface area contributed by atoms with Crippen LogP contribution < -0.4 is 0 Å². The molecular weight excluding hydrogens is 481 g/mol. The molecule has 0 spiro atoms. The first kappa shape index (κ1) is 24.2. The Morgan fingerprint density at radius 1 is 0.972 bits per heavy atom. The lowest BCUT2D eigenvalue weighted by Gasteiger charge is -2.28. The van der Waals surface area contributed by atoms with E-state index in [1.165, 1.54) is 12.1 Å².